The summed E-state index contributed by atoms with van der Waals surface area (Å²) < 4.78 is 24.9. The van der Waals surface area contributed by atoms with Crippen molar-refractivity contribution >= 4 is 34.7 Å². The molecule has 1 unspecified atom stereocenters. The first kappa shape index (κ1) is 20.7. The molecule has 1 fully saturated rings. The Labute approximate surface area is 182 Å². The van der Waals surface area contributed by atoms with Gasteiger partial charge in [-0.15, -0.1) is 0 Å². The standard InChI is InChI=1S/C23H17ClFNO5/c1-12-6-8-18(31-12)20-19(21(27)16-10-13(24)7-9-17(16)30-2)22(28)23(29)26(20)15-5-3-4-14(25)11-15/h3-11,20,27H,1-2H3/b21-19-. The van der Waals surface area contributed by atoms with Gasteiger partial charge < -0.3 is 14.3 Å². The molecule has 1 saturated heterocycles. The summed E-state index contributed by atoms with van der Waals surface area (Å²) in [5.41, 5.74) is 0.0722. The number of hydrogen-bond donors (Lipinski definition) is 1. The van der Waals surface area contributed by atoms with Crippen LogP contribution in [0.2, 0.25) is 5.02 Å². The van der Waals surface area contributed by atoms with E-state index in [1.807, 2.05) is 0 Å². The number of amides is 1. The first-order valence-electron chi connectivity index (χ1n) is 9.28. The summed E-state index contributed by atoms with van der Waals surface area (Å²) in [5, 5.41) is 11.4. The first-order chi connectivity index (χ1) is 14.8. The summed E-state index contributed by atoms with van der Waals surface area (Å²) in [6, 6.07) is 12.0. The Kier molecular flexibility index (Phi) is 5.29. The number of aryl methyl sites for hydroxylation is 1. The number of furan rings is 1. The van der Waals surface area contributed by atoms with Crippen LogP contribution < -0.4 is 9.64 Å². The Balaban J connectivity index is 1.98. The minimum absolute atomic E-state index is 0.139. The maximum Gasteiger partial charge on any atom is 0.300 e. The van der Waals surface area contributed by atoms with Crippen LogP contribution in [-0.4, -0.2) is 23.9 Å². The molecular weight excluding hydrogens is 425 g/mol. The van der Waals surface area contributed by atoms with Gasteiger partial charge >= 0.3 is 0 Å². The maximum atomic E-state index is 13.9. The van der Waals surface area contributed by atoms with Crippen LogP contribution in [0.25, 0.3) is 5.76 Å². The number of carbonyl (C=O) groups is 2. The molecule has 0 spiro atoms. The monoisotopic (exact) mass is 441 g/mol. The average molecular weight is 442 g/mol. The van der Waals surface area contributed by atoms with Crippen LogP contribution in [0.4, 0.5) is 10.1 Å². The summed E-state index contributed by atoms with van der Waals surface area (Å²) >= 11 is 6.08. The third kappa shape index (κ3) is 3.57. The van der Waals surface area contributed by atoms with Crippen molar-refractivity contribution in [3.8, 4) is 5.75 Å². The molecule has 2 heterocycles. The van der Waals surface area contributed by atoms with Crippen molar-refractivity contribution in [3.63, 3.8) is 0 Å². The molecule has 0 radical (unpaired) electrons. The number of ether oxygens (including phenoxy) is 1. The lowest BCUT2D eigenvalue weighted by atomic mass is 9.98. The van der Waals surface area contributed by atoms with E-state index in [1.165, 1.54) is 37.4 Å². The number of benzene rings is 2. The predicted octanol–water partition coefficient (Wildman–Crippen LogP) is 5.02. The molecule has 0 bridgehead atoms. The van der Waals surface area contributed by atoms with Crippen molar-refractivity contribution in [1.82, 2.24) is 0 Å². The first-order valence-corrected chi connectivity index (χ1v) is 9.66. The van der Waals surface area contributed by atoms with Gasteiger partial charge in [-0.25, -0.2) is 4.39 Å². The fraction of sp³-hybridized carbons (Fsp3) is 0.130. The summed E-state index contributed by atoms with van der Waals surface area (Å²) in [4.78, 5) is 27.1. The van der Waals surface area contributed by atoms with Gasteiger partial charge in [-0.1, -0.05) is 17.7 Å². The smallest absolute Gasteiger partial charge is 0.300 e. The summed E-state index contributed by atoms with van der Waals surface area (Å²) in [6.45, 7) is 1.71. The lowest BCUT2D eigenvalue weighted by molar-refractivity contribution is -0.132. The van der Waals surface area contributed by atoms with Crippen LogP contribution in [0.5, 0.6) is 5.75 Å². The molecule has 31 heavy (non-hydrogen) atoms. The zero-order valence-electron chi connectivity index (χ0n) is 16.6. The van der Waals surface area contributed by atoms with E-state index in [0.29, 0.717) is 10.8 Å². The van der Waals surface area contributed by atoms with Crippen molar-refractivity contribution < 1.29 is 28.2 Å². The van der Waals surface area contributed by atoms with Gasteiger partial charge in [0, 0.05) is 10.7 Å². The third-order valence-electron chi connectivity index (χ3n) is 4.98. The molecule has 1 N–H and O–H groups in total. The highest BCUT2D eigenvalue weighted by Crippen LogP contribution is 2.44. The van der Waals surface area contributed by atoms with E-state index in [-0.39, 0.29) is 28.3 Å². The van der Waals surface area contributed by atoms with Crippen molar-refractivity contribution in [2.75, 3.05) is 12.0 Å². The highest BCUT2D eigenvalue weighted by Gasteiger charge is 2.48. The van der Waals surface area contributed by atoms with E-state index in [0.717, 1.165) is 11.0 Å². The Morgan fingerprint density at radius 2 is 1.94 bits per heavy atom. The Morgan fingerprint density at radius 3 is 2.58 bits per heavy atom. The van der Waals surface area contributed by atoms with Crippen LogP contribution >= 0.6 is 11.6 Å². The van der Waals surface area contributed by atoms with Gasteiger partial charge in [0.2, 0.25) is 0 Å². The molecule has 1 aliphatic heterocycles. The van der Waals surface area contributed by atoms with E-state index in [4.69, 9.17) is 20.8 Å². The minimum atomic E-state index is -1.11. The normalized spacial score (nSPS) is 17.9. The van der Waals surface area contributed by atoms with Crippen LogP contribution in [0.3, 0.4) is 0 Å². The number of rotatable bonds is 4. The third-order valence-corrected chi connectivity index (χ3v) is 5.21. The van der Waals surface area contributed by atoms with Crippen molar-refractivity contribution in [3.05, 3.63) is 88.1 Å². The van der Waals surface area contributed by atoms with Crippen LogP contribution in [0.15, 0.2) is 64.6 Å². The largest absolute Gasteiger partial charge is 0.507 e. The fourth-order valence-corrected chi connectivity index (χ4v) is 3.78. The van der Waals surface area contributed by atoms with E-state index in [2.05, 4.69) is 0 Å². The van der Waals surface area contributed by atoms with Gasteiger partial charge in [-0.05, 0) is 55.5 Å². The van der Waals surface area contributed by atoms with Gasteiger partial charge in [0.05, 0.1) is 18.2 Å². The van der Waals surface area contributed by atoms with Gasteiger partial charge in [-0.2, -0.15) is 0 Å². The van der Waals surface area contributed by atoms with E-state index >= 15 is 0 Å². The zero-order chi connectivity index (χ0) is 22.3. The topological polar surface area (TPSA) is 80.0 Å². The van der Waals surface area contributed by atoms with Crippen LogP contribution in [0, 0.1) is 12.7 Å². The van der Waals surface area contributed by atoms with Crippen LogP contribution in [-0.2, 0) is 9.59 Å². The molecule has 0 saturated carbocycles. The minimum Gasteiger partial charge on any atom is -0.507 e. The molecule has 3 aromatic rings. The lowest BCUT2D eigenvalue weighted by Crippen LogP contribution is -2.29. The number of aliphatic hydroxyl groups excluding tert-OH is 1. The number of carbonyl (C=O) groups excluding carboxylic acids is 2. The van der Waals surface area contributed by atoms with E-state index in [9.17, 15) is 19.1 Å². The van der Waals surface area contributed by atoms with Crippen molar-refractivity contribution in [1.29, 1.82) is 0 Å². The molecule has 4 rings (SSSR count). The lowest BCUT2D eigenvalue weighted by Gasteiger charge is -2.23. The highest BCUT2D eigenvalue weighted by atomic mass is 35.5. The molecule has 8 heteroatoms. The number of ketones is 1. The number of nitrogens with zero attached hydrogens (tertiary/aromatic N) is 1. The van der Waals surface area contributed by atoms with Crippen LogP contribution in [0.1, 0.15) is 23.1 Å². The Hall–Kier alpha value is -3.58. The molecule has 158 valence electrons. The second kappa shape index (κ2) is 7.92. The van der Waals surface area contributed by atoms with Gasteiger partial charge in [0.25, 0.3) is 11.7 Å². The second-order valence-electron chi connectivity index (χ2n) is 6.94. The Bertz CT molecular complexity index is 1230. The van der Waals surface area contributed by atoms with Gasteiger partial charge in [-0.3, -0.25) is 14.5 Å². The quantitative estimate of drug-likeness (QED) is 0.349. The zero-order valence-corrected chi connectivity index (χ0v) is 17.3. The number of hydrogen-bond acceptors (Lipinski definition) is 5. The predicted molar refractivity (Wildman–Crippen MR) is 113 cm³/mol. The van der Waals surface area contributed by atoms with Gasteiger partial charge in [0.15, 0.2) is 0 Å². The number of halogens is 2. The van der Waals surface area contributed by atoms with Gasteiger partial charge in [0.1, 0.15) is 34.9 Å². The van der Waals surface area contributed by atoms with Crippen molar-refractivity contribution in [2.24, 2.45) is 0 Å². The van der Waals surface area contributed by atoms with E-state index in [1.54, 1.807) is 25.1 Å². The molecule has 1 aromatic heterocycles. The Morgan fingerprint density at radius 1 is 1.16 bits per heavy atom. The fourth-order valence-electron chi connectivity index (χ4n) is 3.60. The molecule has 2 aromatic carbocycles. The number of Topliss-reactive ketones (excluding diaryl/α,β-unsaturated/α-hetero) is 1. The molecule has 1 atom stereocenters. The summed E-state index contributed by atoms with van der Waals surface area (Å²) in [6.07, 6.45) is 0. The summed E-state index contributed by atoms with van der Waals surface area (Å²) in [5.74, 6) is -1.88. The number of anilines is 1. The van der Waals surface area contributed by atoms with Crippen molar-refractivity contribution in [2.45, 2.75) is 13.0 Å². The SMILES string of the molecule is COc1ccc(Cl)cc1/C(O)=C1/C(=O)C(=O)N(c2cccc(F)c2)C1c1ccc(C)o1. The van der Waals surface area contributed by atoms with E-state index < -0.39 is 29.3 Å². The maximum absolute atomic E-state index is 13.9. The number of methoxy groups -OCH3 is 1. The highest BCUT2D eigenvalue weighted by molar-refractivity contribution is 6.51. The molecule has 0 aliphatic carbocycles. The number of aliphatic hydroxyl groups is 1. The average Bonchev–Trinajstić information content (AvgIpc) is 3.28. The molecule has 1 aliphatic rings. The summed E-state index contributed by atoms with van der Waals surface area (Å²) in [7, 11) is 1.40. The molecular formula is C23H17ClFNO5. The molecule has 1 amide bonds. The second-order valence-corrected chi connectivity index (χ2v) is 7.38. The molecule has 6 nitrogen and oxygen atoms in total.